The molecule has 2 aromatic rings. The number of anilines is 1. The SMILES string of the molecule is O=C1NC(=O)C2(N1)C(=O)N(Cc1c(F)cccc1Cl)c1ccccc12. The summed E-state index contributed by atoms with van der Waals surface area (Å²) in [5, 5.41) is 4.68. The van der Waals surface area contributed by atoms with Crippen molar-refractivity contribution in [2.24, 2.45) is 0 Å². The van der Waals surface area contributed by atoms with E-state index in [4.69, 9.17) is 11.6 Å². The second-order valence-electron chi connectivity index (χ2n) is 5.77. The molecule has 1 fully saturated rings. The first-order valence-corrected chi connectivity index (χ1v) is 7.81. The standard InChI is InChI=1S/C17H11ClFN3O3/c18-11-5-3-6-12(19)9(11)8-22-13-7-2-1-4-10(13)17(15(22)24)14(23)20-16(25)21-17/h1-7H,8H2,(H2,20,21,23,25). The van der Waals surface area contributed by atoms with Crippen LogP contribution in [0.1, 0.15) is 11.1 Å². The van der Waals surface area contributed by atoms with Crippen LogP contribution in [0.25, 0.3) is 0 Å². The molecule has 6 nitrogen and oxygen atoms in total. The van der Waals surface area contributed by atoms with Crippen LogP contribution in [0.4, 0.5) is 14.9 Å². The summed E-state index contributed by atoms with van der Waals surface area (Å²) in [7, 11) is 0. The zero-order chi connectivity index (χ0) is 17.8. The molecule has 0 saturated carbocycles. The largest absolute Gasteiger partial charge is 0.323 e. The molecule has 1 saturated heterocycles. The summed E-state index contributed by atoms with van der Waals surface area (Å²) in [5.41, 5.74) is -0.931. The van der Waals surface area contributed by atoms with E-state index in [-0.39, 0.29) is 17.1 Å². The van der Waals surface area contributed by atoms with Crippen molar-refractivity contribution in [2.45, 2.75) is 12.1 Å². The zero-order valence-corrected chi connectivity index (χ0v) is 13.4. The quantitative estimate of drug-likeness (QED) is 0.636. The smallest absolute Gasteiger partial charge is 0.312 e. The molecule has 4 rings (SSSR count). The number of carbonyl (C=O) groups excluding carboxylic acids is 3. The molecular formula is C17H11ClFN3O3. The van der Waals surface area contributed by atoms with Crippen LogP contribution >= 0.6 is 11.6 Å². The van der Waals surface area contributed by atoms with Crippen molar-refractivity contribution in [1.29, 1.82) is 0 Å². The molecular weight excluding hydrogens is 349 g/mol. The Kier molecular flexibility index (Phi) is 3.30. The summed E-state index contributed by atoms with van der Waals surface area (Å²) in [4.78, 5) is 38.3. The Morgan fingerprint density at radius 2 is 1.84 bits per heavy atom. The average Bonchev–Trinajstić information content (AvgIpc) is 3.00. The molecule has 2 N–H and O–H groups in total. The van der Waals surface area contributed by atoms with Gasteiger partial charge in [0.1, 0.15) is 5.82 Å². The summed E-state index contributed by atoms with van der Waals surface area (Å²) >= 11 is 6.06. The predicted molar refractivity (Wildman–Crippen MR) is 87.4 cm³/mol. The Bertz CT molecular complexity index is 928. The number of imide groups is 1. The summed E-state index contributed by atoms with van der Waals surface area (Å²) in [6.07, 6.45) is 0. The number of nitrogens with zero attached hydrogens (tertiary/aromatic N) is 1. The fourth-order valence-electron chi connectivity index (χ4n) is 3.25. The van der Waals surface area contributed by atoms with Crippen molar-refractivity contribution in [3.63, 3.8) is 0 Å². The van der Waals surface area contributed by atoms with Gasteiger partial charge in [0.05, 0.1) is 12.2 Å². The number of hydrogen-bond acceptors (Lipinski definition) is 3. The van der Waals surface area contributed by atoms with Crippen LogP contribution in [0.3, 0.4) is 0 Å². The van der Waals surface area contributed by atoms with Gasteiger partial charge in [0.2, 0.25) is 5.54 Å². The topological polar surface area (TPSA) is 78.5 Å². The van der Waals surface area contributed by atoms with Gasteiger partial charge in [-0.15, -0.1) is 0 Å². The van der Waals surface area contributed by atoms with Crippen LogP contribution in [0.2, 0.25) is 5.02 Å². The van der Waals surface area contributed by atoms with E-state index in [9.17, 15) is 18.8 Å². The molecule has 0 bridgehead atoms. The number of fused-ring (bicyclic) bond motifs is 2. The second kappa shape index (κ2) is 5.29. The number of rotatable bonds is 2. The van der Waals surface area contributed by atoms with Gasteiger partial charge in [0.25, 0.3) is 11.8 Å². The van der Waals surface area contributed by atoms with E-state index in [1.54, 1.807) is 24.3 Å². The predicted octanol–water partition coefficient (Wildman–Crippen LogP) is 2.06. The molecule has 0 radical (unpaired) electrons. The Hall–Kier alpha value is -2.93. The maximum Gasteiger partial charge on any atom is 0.323 e. The highest BCUT2D eigenvalue weighted by Gasteiger charge is 2.61. The number of amides is 4. The van der Waals surface area contributed by atoms with Gasteiger partial charge in [-0.3, -0.25) is 14.9 Å². The van der Waals surface area contributed by atoms with E-state index in [1.807, 2.05) is 0 Å². The molecule has 8 heteroatoms. The van der Waals surface area contributed by atoms with Crippen LogP contribution in [0.15, 0.2) is 42.5 Å². The lowest BCUT2D eigenvalue weighted by Crippen LogP contribution is -2.52. The lowest BCUT2D eigenvalue weighted by Gasteiger charge is -2.22. The maximum absolute atomic E-state index is 14.1. The first-order chi connectivity index (χ1) is 11.9. The fraction of sp³-hybridized carbons (Fsp3) is 0.118. The molecule has 2 aromatic carbocycles. The molecule has 0 aliphatic carbocycles. The van der Waals surface area contributed by atoms with Crippen LogP contribution in [-0.2, 0) is 21.7 Å². The summed E-state index contributed by atoms with van der Waals surface area (Å²) in [5.74, 6) is -1.97. The van der Waals surface area contributed by atoms with Gasteiger partial charge in [0.15, 0.2) is 0 Å². The number of halogens is 2. The first-order valence-electron chi connectivity index (χ1n) is 7.43. The lowest BCUT2D eigenvalue weighted by molar-refractivity contribution is -0.134. The Balaban J connectivity index is 1.85. The van der Waals surface area contributed by atoms with Crippen molar-refractivity contribution in [3.05, 3.63) is 64.4 Å². The molecule has 25 heavy (non-hydrogen) atoms. The molecule has 1 spiro atoms. The molecule has 2 aliphatic rings. The van der Waals surface area contributed by atoms with Crippen molar-refractivity contribution in [3.8, 4) is 0 Å². The van der Waals surface area contributed by atoms with Gasteiger partial charge in [-0.25, -0.2) is 9.18 Å². The minimum Gasteiger partial charge on any atom is -0.312 e. The number of para-hydroxylation sites is 1. The van der Waals surface area contributed by atoms with Crippen LogP contribution < -0.4 is 15.5 Å². The van der Waals surface area contributed by atoms with Gasteiger partial charge >= 0.3 is 6.03 Å². The van der Waals surface area contributed by atoms with Gasteiger partial charge in [-0.1, -0.05) is 35.9 Å². The van der Waals surface area contributed by atoms with Crippen molar-refractivity contribution < 1.29 is 18.8 Å². The van der Waals surface area contributed by atoms with E-state index < -0.39 is 29.2 Å². The summed E-state index contributed by atoms with van der Waals surface area (Å²) in [6, 6.07) is 10.0. The number of benzene rings is 2. The first kappa shape index (κ1) is 15.6. The molecule has 0 aromatic heterocycles. The highest BCUT2D eigenvalue weighted by Crippen LogP contribution is 2.43. The lowest BCUT2D eigenvalue weighted by atomic mass is 9.92. The molecule has 4 amide bonds. The monoisotopic (exact) mass is 359 g/mol. The minimum atomic E-state index is -1.83. The van der Waals surface area contributed by atoms with E-state index in [0.717, 1.165) is 0 Å². The molecule has 1 atom stereocenters. The normalized spacial score (nSPS) is 21.5. The van der Waals surface area contributed by atoms with E-state index in [0.29, 0.717) is 11.3 Å². The highest BCUT2D eigenvalue weighted by molar-refractivity contribution is 6.31. The van der Waals surface area contributed by atoms with Gasteiger partial charge in [0, 0.05) is 16.1 Å². The maximum atomic E-state index is 14.1. The average molecular weight is 360 g/mol. The Morgan fingerprint density at radius 3 is 2.52 bits per heavy atom. The number of hydrogen-bond donors (Lipinski definition) is 2. The molecule has 126 valence electrons. The van der Waals surface area contributed by atoms with Crippen LogP contribution in [-0.4, -0.2) is 17.8 Å². The van der Waals surface area contributed by atoms with E-state index >= 15 is 0 Å². The molecule has 2 heterocycles. The molecule has 1 unspecified atom stereocenters. The number of urea groups is 1. The van der Waals surface area contributed by atoms with Crippen molar-refractivity contribution in [1.82, 2.24) is 10.6 Å². The fourth-order valence-corrected chi connectivity index (χ4v) is 3.47. The Morgan fingerprint density at radius 1 is 1.08 bits per heavy atom. The van der Waals surface area contributed by atoms with E-state index in [2.05, 4.69) is 10.6 Å². The number of carbonyl (C=O) groups is 3. The zero-order valence-electron chi connectivity index (χ0n) is 12.7. The summed E-state index contributed by atoms with van der Waals surface area (Å²) < 4.78 is 14.1. The third-order valence-electron chi connectivity index (χ3n) is 4.41. The van der Waals surface area contributed by atoms with Crippen LogP contribution in [0, 0.1) is 5.82 Å². The van der Waals surface area contributed by atoms with Gasteiger partial charge in [-0.2, -0.15) is 0 Å². The van der Waals surface area contributed by atoms with Crippen LogP contribution in [0.5, 0.6) is 0 Å². The minimum absolute atomic E-state index is 0.133. The molecule has 2 aliphatic heterocycles. The number of nitrogens with one attached hydrogen (secondary N) is 2. The second-order valence-corrected chi connectivity index (χ2v) is 6.17. The van der Waals surface area contributed by atoms with Gasteiger partial charge in [-0.05, 0) is 18.2 Å². The third kappa shape index (κ3) is 2.05. The van der Waals surface area contributed by atoms with E-state index in [1.165, 1.54) is 23.1 Å². The van der Waals surface area contributed by atoms with Gasteiger partial charge < -0.3 is 10.2 Å². The third-order valence-corrected chi connectivity index (χ3v) is 4.77. The summed E-state index contributed by atoms with van der Waals surface area (Å²) in [6.45, 7) is -0.160. The highest BCUT2D eigenvalue weighted by atomic mass is 35.5. The van der Waals surface area contributed by atoms with Crippen molar-refractivity contribution in [2.75, 3.05) is 4.90 Å². The Labute approximate surface area is 146 Å². The van der Waals surface area contributed by atoms with Crippen molar-refractivity contribution >= 4 is 35.1 Å².